The lowest BCUT2D eigenvalue weighted by Gasteiger charge is -1.76. The molecule has 0 aliphatic carbocycles. The van der Waals surface area contributed by atoms with Gasteiger partial charge in [-0.1, -0.05) is 0 Å². The van der Waals surface area contributed by atoms with E-state index in [-0.39, 0.29) is 5.88 Å². The average Bonchev–Trinajstić information content (AvgIpc) is 2.14. The summed E-state index contributed by atoms with van der Waals surface area (Å²) in [6, 6.07) is 0. The number of alkyl halides is 1. The smallest absolute Gasteiger partial charge is 0.381 e. The van der Waals surface area contributed by atoms with E-state index in [4.69, 9.17) is 11.6 Å². The molecule has 0 saturated carbocycles. The second-order valence-electron chi connectivity index (χ2n) is 1.21. The van der Waals surface area contributed by atoms with Gasteiger partial charge in [0.1, 0.15) is 5.76 Å². The van der Waals surface area contributed by atoms with Gasteiger partial charge in [-0.05, 0) is 0 Å². The van der Waals surface area contributed by atoms with Crippen LogP contribution in [0.2, 0.25) is 0 Å². The van der Waals surface area contributed by atoms with Crippen molar-refractivity contribution in [2.24, 2.45) is 0 Å². The third-order valence-corrected chi connectivity index (χ3v) is 0.920. The molecular weight excluding hydrogens is 133 g/mol. The van der Waals surface area contributed by atoms with E-state index in [0.29, 0.717) is 5.76 Å². The summed E-state index contributed by atoms with van der Waals surface area (Å²) < 4.78 is 16.1. The molecule has 0 aromatic carbocycles. The second-order valence-corrected chi connectivity index (χ2v) is 1.48. The molecule has 1 rings (SSSR count). The lowest BCUT2D eigenvalue weighted by Crippen LogP contribution is -1.64. The van der Waals surface area contributed by atoms with Crippen molar-refractivity contribution >= 4 is 11.6 Å². The third-order valence-electron chi connectivity index (χ3n) is 0.657. The molecule has 8 heavy (non-hydrogen) atoms. The van der Waals surface area contributed by atoms with Crippen LogP contribution in [0.1, 0.15) is 5.76 Å². The molecule has 0 saturated heterocycles. The number of halogens is 2. The normalized spacial score (nSPS) is 9.75. The summed E-state index contributed by atoms with van der Waals surface area (Å²) in [5.41, 5.74) is 0. The van der Waals surface area contributed by atoms with Crippen molar-refractivity contribution in [2.45, 2.75) is 5.88 Å². The van der Waals surface area contributed by atoms with Gasteiger partial charge in [-0.15, -0.1) is 16.0 Å². The van der Waals surface area contributed by atoms with Gasteiger partial charge in [-0.25, -0.2) is 0 Å². The van der Waals surface area contributed by atoms with Crippen LogP contribution in [0, 0.1) is 6.14 Å². The van der Waals surface area contributed by atoms with Crippen LogP contribution in [0.15, 0.2) is 10.6 Å². The van der Waals surface area contributed by atoms with Gasteiger partial charge in [0.25, 0.3) is 0 Å². The van der Waals surface area contributed by atoms with Crippen LogP contribution in [-0.2, 0) is 5.88 Å². The molecule has 1 heterocycles. The van der Waals surface area contributed by atoms with Crippen molar-refractivity contribution in [3.8, 4) is 0 Å². The number of aromatic nitrogens is 1. The van der Waals surface area contributed by atoms with Gasteiger partial charge in [-0.2, -0.15) is 4.98 Å². The van der Waals surface area contributed by atoms with Gasteiger partial charge in [0, 0.05) is 0 Å². The topological polar surface area (TPSA) is 26.0 Å². The summed E-state index contributed by atoms with van der Waals surface area (Å²) in [5.74, 6) is 0.515. The molecule has 0 amide bonds. The monoisotopic (exact) mass is 135 g/mol. The fourth-order valence-corrected chi connectivity index (χ4v) is 0.469. The summed E-state index contributed by atoms with van der Waals surface area (Å²) in [4.78, 5) is 3.17. The molecule has 0 spiro atoms. The van der Waals surface area contributed by atoms with E-state index in [0.717, 1.165) is 0 Å². The SMILES string of the molecule is Fc1ncc(CCl)o1. The fraction of sp³-hybridized carbons (Fsp3) is 0.250. The summed E-state index contributed by atoms with van der Waals surface area (Å²) in [6.07, 6.45) is 0.420. The Kier molecular flexibility index (Phi) is 1.48. The van der Waals surface area contributed by atoms with Crippen LogP contribution in [-0.4, -0.2) is 4.98 Å². The van der Waals surface area contributed by atoms with E-state index in [1.807, 2.05) is 0 Å². The number of hydrogen-bond acceptors (Lipinski definition) is 2. The van der Waals surface area contributed by atoms with Crippen LogP contribution < -0.4 is 0 Å². The minimum Gasteiger partial charge on any atom is -0.419 e. The molecule has 0 atom stereocenters. The Labute approximate surface area is 50.3 Å². The summed E-state index contributed by atoms with van der Waals surface area (Å²) in [6.45, 7) is 0. The Hall–Kier alpha value is -0.570. The van der Waals surface area contributed by atoms with Crippen LogP contribution in [0.3, 0.4) is 0 Å². The molecule has 0 N–H and O–H groups in total. The van der Waals surface area contributed by atoms with E-state index in [1.54, 1.807) is 0 Å². The Morgan fingerprint density at radius 1 is 1.88 bits per heavy atom. The Morgan fingerprint density at radius 3 is 2.88 bits per heavy atom. The van der Waals surface area contributed by atoms with Gasteiger partial charge >= 0.3 is 6.14 Å². The maximum absolute atomic E-state index is 11.8. The molecule has 2 nitrogen and oxygen atoms in total. The maximum atomic E-state index is 11.8. The van der Waals surface area contributed by atoms with Gasteiger partial charge in [0.2, 0.25) is 0 Å². The first-order valence-corrected chi connectivity index (χ1v) is 2.52. The van der Waals surface area contributed by atoms with E-state index in [1.165, 1.54) is 6.20 Å². The first-order chi connectivity index (χ1) is 3.83. The predicted octanol–water partition coefficient (Wildman–Crippen LogP) is 1.55. The maximum Gasteiger partial charge on any atom is 0.381 e. The van der Waals surface area contributed by atoms with Crippen molar-refractivity contribution in [1.82, 2.24) is 4.98 Å². The minimum absolute atomic E-state index is 0.164. The van der Waals surface area contributed by atoms with E-state index >= 15 is 0 Å². The van der Waals surface area contributed by atoms with Crippen molar-refractivity contribution < 1.29 is 8.81 Å². The van der Waals surface area contributed by atoms with Crippen molar-refractivity contribution in [1.29, 1.82) is 0 Å². The number of rotatable bonds is 1. The molecule has 0 aliphatic rings. The van der Waals surface area contributed by atoms with Gasteiger partial charge < -0.3 is 4.42 Å². The number of oxazole rings is 1. The van der Waals surface area contributed by atoms with E-state index < -0.39 is 6.14 Å². The lowest BCUT2D eigenvalue weighted by molar-refractivity contribution is 0.323. The quantitative estimate of drug-likeness (QED) is 0.546. The molecule has 0 radical (unpaired) electrons. The van der Waals surface area contributed by atoms with Crippen LogP contribution in [0.25, 0.3) is 0 Å². The Morgan fingerprint density at radius 2 is 2.62 bits per heavy atom. The zero-order valence-corrected chi connectivity index (χ0v) is 4.65. The standard InChI is InChI=1S/C4H3ClFNO/c5-1-3-2-7-4(6)8-3/h2H,1H2. The zero-order valence-electron chi connectivity index (χ0n) is 3.90. The van der Waals surface area contributed by atoms with Crippen molar-refractivity contribution in [3.05, 3.63) is 18.1 Å². The summed E-state index contributed by atoms with van der Waals surface area (Å²) in [5, 5.41) is 0. The molecule has 4 heteroatoms. The number of nitrogens with zero attached hydrogens (tertiary/aromatic N) is 1. The lowest BCUT2D eigenvalue weighted by atomic mass is 10.6. The predicted molar refractivity (Wildman–Crippen MR) is 26.0 cm³/mol. The van der Waals surface area contributed by atoms with E-state index in [2.05, 4.69) is 9.40 Å². The van der Waals surface area contributed by atoms with Gasteiger partial charge in [0.15, 0.2) is 0 Å². The van der Waals surface area contributed by atoms with E-state index in [9.17, 15) is 4.39 Å². The highest BCUT2D eigenvalue weighted by Gasteiger charge is 1.97. The molecule has 0 aliphatic heterocycles. The van der Waals surface area contributed by atoms with Crippen molar-refractivity contribution in [2.75, 3.05) is 0 Å². The van der Waals surface area contributed by atoms with Gasteiger partial charge in [0.05, 0.1) is 12.1 Å². The third kappa shape index (κ3) is 0.980. The zero-order chi connectivity index (χ0) is 5.98. The Balaban J connectivity index is 2.84. The molecule has 1 aromatic heterocycles. The Bertz CT molecular complexity index is 176. The van der Waals surface area contributed by atoms with Crippen LogP contribution in [0.4, 0.5) is 4.39 Å². The van der Waals surface area contributed by atoms with Crippen LogP contribution in [0.5, 0.6) is 0 Å². The summed E-state index contributed by atoms with van der Waals surface area (Å²) in [7, 11) is 0. The van der Waals surface area contributed by atoms with Crippen LogP contribution >= 0.6 is 11.6 Å². The minimum atomic E-state index is -0.833. The van der Waals surface area contributed by atoms with Crippen molar-refractivity contribution in [3.63, 3.8) is 0 Å². The van der Waals surface area contributed by atoms with Gasteiger partial charge in [-0.3, -0.25) is 0 Å². The molecule has 0 unspecified atom stereocenters. The molecule has 44 valence electrons. The summed E-state index contributed by atoms with van der Waals surface area (Å²) >= 11 is 5.24. The highest BCUT2D eigenvalue weighted by molar-refractivity contribution is 6.16. The average molecular weight is 136 g/mol. The number of hydrogen-bond donors (Lipinski definition) is 0. The molecule has 1 aromatic rings. The fourth-order valence-electron chi connectivity index (χ4n) is 0.345. The highest BCUT2D eigenvalue weighted by atomic mass is 35.5. The molecule has 0 fully saturated rings. The first-order valence-electron chi connectivity index (χ1n) is 1.99. The highest BCUT2D eigenvalue weighted by Crippen LogP contribution is 2.03. The first kappa shape index (κ1) is 5.56. The second kappa shape index (κ2) is 2.13. The largest absolute Gasteiger partial charge is 0.419 e. The molecule has 0 bridgehead atoms. The molecular formula is C4H3ClFNO.